The van der Waals surface area contributed by atoms with E-state index < -0.39 is 23.6 Å². The van der Waals surface area contributed by atoms with Crippen LogP contribution in [0.25, 0.3) is 0 Å². The highest BCUT2D eigenvalue weighted by Gasteiger charge is 2.30. The molecule has 0 bridgehead atoms. The van der Waals surface area contributed by atoms with Crippen molar-refractivity contribution in [3.05, 3.63) is 82.6 Å². The van der Waals surface area contributed by atoms with Gasteiger partial charge in [-0.25, -0.2) is 0 Å². The van der Waals surface area contributed by atoms with E-state index in [-0.39, 0.29) is 21.8 Å². The number of benzene rings is 2. The fourth-order valence-corrected chi connectivity index (χ4v) is 2.74. The monoisotopic (exact) mass is 434 g/mol. The number of rotatable bonds is 4. The van der Waals surface area contributed by atoms with Gasteiger partial charge in [-0.05, 0) is 42.5 Å². The van der Waals surface area contributed by atoms with Crippen LogP contribution in [0.1, 0.15) is 26.3 Å². The molecule has 30 heavy (non-hydrogen) atoms. The van der Waals surface area contributed by atoms with Crippen molar-refractivity contribution in [3.8, 4) is 0 Å². The molecule has 10 heteroatoms. The van der Waals surface area contributed by atoms with Gasteiger partial charge in [0.25, 0.3) is 11.8 Å². The number of nitrogens with zero attached hydrogens (tertiary/aromatic N) is 1. The van der Waals surface area contributed by atoms with Gasteiger partial charge < -0.3 is 16.4 Å². The number of pyridine rings is 1. The summed E-state index contributed by atoms with van der Waals surface area (Å²) in [6, 6.07) is 9.61. The molecule has 2 amide bonds. The number of nitrogen functional groups attached to an aromatic ring is 1. The number of anilines is 3. The summed E-state index contributed by atoms with van der Waals surface area (Å²) in [5.74, 6) is -1.35. The number of amides is 2. The van der Waals surface area contributed by atoms with Crippen molar-refractivity contribution in [1.29, 1.82) is 0 Å². The maximum Gasteiger partial charge on any atom is 0.416 e. The van der Waals surface area contributed by atoms with Crippen LogP contribution in [0.3, 0.4) is 0 Å². The minimum Gasteiger partial charge on any atom is -0.397 e. The summed E-state index contributed by atoms with van der Waals surface area (Å²) in [4.78, 5) is 28.7. The minimum absolute atomic E-state index is 0.0425. The maximum atomic E-state index is 12.8. The Labute approximate surface area is 173 Å². The number of aromatic nitrogens is 1. The smallest absolute Gasteiger partial charge is 0.397 e. The zero-order chi connectivity index (χ0) is 21.9. The molecular formula is C20H14ClF3N4O2. The third-order valence-electron chi connectivity index (χ3n) is 3.94. The second kappa shape index (κ2) is 8.42. The van der Waals surface area contributed by atoms with Crippen LogP contribution < -0.4 is 16.4 Å². The molecule has 3 rings (SSSR count). The maximum absolute atomic E-state index is 12.8. The van der Waals surface area contributed by atoms with Gasteiger partial charge in [-0.3, -0.25) is 14.6 Å². The lowest BCUT2D eigenvalue weighted by molar-refractivity contribution is -0.137. The van der Waals surface area contributed by atoms with E-state index in [2.05, 4.69) is 15.6 Å². The van der Waals surface area contributed by atoms with E-state index in [0.29, 0.717) is 11.4 Å². The molecule has 0 aliphatic rings. The molecule has 0 aliphatic heterocycles. The predicted molar refractivity (Wildman–Crippen MR) is 107 cm³/mol. The lowest BCUT2D eigenvalue weighted by Gasteiger charge is -2.11. The van der Waals surface area contributed by atoms with Gasteiger partial charge >= 0.3 is 6.18 Å². The molecular weight excluding hydrogens is 421 g/mol. The standard InChI is InChI=1S/C20H14ClF3N4O2/c21-17-5-4-14(8-16(17)19(30)28-15-7-13(25)9-26-10-15)27-18(29)11-2-1-3-12(6-11)20(22,23)24/h1-10H,25H2,(H,27,29)(H,28,30). The number of carbonyl (C=O) groups excluding carboxylic acids is 2. The molecule has 3 aromatic rings. The lowest BCUT2D eigenvalue weighted by Crippen LogP contribution is -2.16. The summed E-state index contributed by atoms with van der Waals surface area (Å²) >= 11 is 6.07. The van der Waals surface area contributed by atoms with Crippen molar-refractivity contribution in [3.63, 3.8) is 0 Å². The van der Waals surface area contributed by atoms with Gasteiger partial charge in [0.2, 0.25) is 0 Å². The normalized spacial score (nSPS) is 11.1. The van der Waals surface area contributed by atoms with Crippen LogP contribution >= 0.6 is 11.6 Å². The summed E-state index contributed by atoms with van der Waals surface area (Å²) in [5.41, 5.74) is 5.40. The second-order valence-corrected chi connectivity index (χ2v) is 6.60. The van der Waals surface area contributed by atoms with E-state index in [4.69, 9.17) is 17.3 Å². The highest BCUT2D eigenvalue weighted by Crippen LogP contribution is 2.30. The largest absolute Gasteiger partial charge is 0.416 e. The van der Waals surface area contributed by atoms with Crippen LogP contribution in [0.5, 0.6) is 0 Å². The third kappa shape index (κ3) is 5.06. The number of halogens is 4. The van der Waals surface area contributed by atoms with Crippen molar-refractivity contribution in [1.82, 2.24) is 4.98 Å². The molecule has 0 saturated heterocycles. The number of hydrogen-bond donors (Lipinski definition) is 3. The van der Waals surface area contributed by atoms with Gasteiger partial charge in [0, 0.05) is 17.4 Å². The number of nitrogens with two attached hydrogens (primary N) is 1. The Morgan fingerprint density at radius 3 is 2.37 bits per heavy atom. The summed E-state index contributed by atoms with van der Waals surface area (Å²) in [7, 11) is 0. The molecule has 0 fully saturated rings. The van der Waals surface area contributed by atoms with Crippen LogP contribution in [0.15, 0.2) is 60.9 Å². The minimum atomic E-state index is -4.57. The SMILES string of the molecule is Nc1cncc(NC(=O)c2cc(NC(=O)c3cccc(C(F)(F)F)c3)ccc2Cl)c1. The first kappa shape index (κ1) is 21.1. The van der Waals surface area contributed by atoms with Gasteiger partial charge in [0.05, 0.1) is 33.7 Å². The number of carbonyl (C=O) groups is 2. The molecule has 0 aliphatic carbocycles. The van der Waals surface area contributed by atoms with Gasteiger partial charge in [-0.2, -0.15) is 13.2 Å². The van der Waals surface area contributed by atoms with Crippen molar-refractivity contribution in [2.75, 3.05) is 16.4 Å². The van der Waals surface area contributed by atoms with Crippen LogP contribution in [-0.4, -0.2) is 16.8 Å². The Hall–Kier alpha value is -3.59. The van der Waals surface area contributed by atoms with E-state index in [9.17, 15) is 22.8 Å². The average Bonchev–Trinajstić information content (AvgIpc) is 2.69. The first-order valence-corrected chi connectivity index (χ1v) is 8.81. The molecule has 0 radical (unpaired) electrons. The molecule has 154 valence electrons. The van der Waals surface area contributed by atoms with E-state index >= 15 is 0 Å². The molecule has 0 unspecified atom stereocenters. The molecule has 0 atom stereocenters. The molecule has 6 nitrogen and oxygen atoms in total. The van der Waals surface area contributed by atoms with Crippen LogP contribution in [0, 0.1) is 0 Å². The van der Waals surface area contributed by atoms with Crippen molar-refractivity contribution >= 4 is 40.5 Å². The molecule has 2 aromatic carbocycles. The highest BCUT2D eigenvalue weighted by molar-refractivity contribution is 6.34. The average molecular weight is 435 g/mol. The summed E-state index contributed by atoms with van der Waals surface area (Å²) in [6.45, 7) is 0. The van der Waals surface area contributed by atoms with Gasteiger partial charge in [0.15, 0.2) is 0 Å². The Bertz CT molecular complexity index is 1120. The summed E-state index contributed by atoms with van der Waals surface area (Å²) in [5, 5.41) is 5.14. The van der Waals surface area contributed by atoms with E-state index in [1.165, 1.54) is 42.7 Å². The van der Waals surface area contributed by atoms with Crippen LogP contribution in [0.4, 0.5) is 30.2 Å². The lowest BCUT2D eigenvalue weighted by atomic mass is 10.1. The Morgan fingerprint density at radius 2 is 1.67 bits per heavy atom. The highest BCUT2D eigenvalue weighted by atomic mass is 35.5. The Balaban J connectivity index is 1.80. The number of nitrogens with one attached hydrogen (secondary N) is 2. The first-order valence-electron chi connectivity index (χ1n) is 8.43. The fourth-order valence-electron chi connectivity index (χ4n) is 2.54. The van der Waals surface area contributed by atoms with Crippen molar-refractivity contribution in [2.24, 2.45) is 0 Å². The van der Waals surface area contributed by atoms with Crippen molar-refractivity contribution in [2.45, 2.75) is 6.18 Å². The Kier molecular flexibility index (Phi) is 5.93. The zero-order valence-electron chi connectivity index (χ0n) is 15.1. The van der Waals surface area contributed by atoms with E-state index in [1.54, 1.807) is 0 Å². The fraction of sp³-hybridized carbons (Fsp3) is 0.0500. The molecule has 1 heterocycles. The summed E-state index contributed by atoms with van der Waals surface area (Å²) < 4.78 is 38.5. The van der Waals surface area contributed by atoms with E-state index in [1.807, 2.05) is 0 Å². The third-order valence-corrected chi connectivity index (χ3v) is 4.27. The van der Waals surface area contributed by atoms with Gasteiger partial charge in [0.1, 0.15) is 0 Å². The molecule has 1 aromatic heterocycles. The number of hydrogen-bond acceptors (Lipinski definition) is 4. The first-order chi connectivity index (χ1) is 14.1. The molecule has 0 saturated carbocycles. The zero-order valence-corrected chi connectivity index (χ0v) is 15.9. The van der Waals surface area contributed by atoms with Crippen LogP contribution in [-0.2, 0) is 6.18 Å². The van der Waals surface area contributed by atoms with Crippen LogP contribution in [0.2, 0.25) is 5.02 Å². The van der Waals surface area contributed by atoms with Crippen molar-refractivity contribution < 1.29 is 22.8 Å². The van der Waals surface area contributed by atoms with Gasteiger partial charge in [-0.1, -0.05) is 17.7 Å². The topological polar surface area (TPSA) is 97.1 Å². The molecule has 0 spiro atoms. The van der Waals surface area contributed by atoms with E-state index in [0.717, 1.165) is 18.2 Å². The quantitative estimate of drug-likeness (QED) is 0.547. The van der Waals surface area contributed by atoms with Gasteiger partial charge in [-0.15, -0.1) is 0 Å². The second-order valence-electron chi connectivity index (χ2n) is 6.19. The Morgan fingerprint density at radius 1 is 0.933 bits per heavy atom. The number of alkyl halides is 3. The predicted octanol–water partition coefficient (Wildman–Crippen LogP) is 4.84. The summed E-state index contributed by atoms with van der Waals surface area (Å²) in [6.07, 6.45) is -1.77. The molecule has 4 N–H and O–H groups in total.